The third-order valence-corrected chi connectivity index (χ3v) is 7.37. The van der Waals surface area contributed by atoms with Crippen LogP contribution in [-0.4, -0.2) is 60.6 Å². The highest BCUT2D eigenvalue weighted by atomic mass is 32.2. The molecule has 0 aliphatic carbocycles. The summed E-state index contributed by atoms with van der Waals surface area (Å²) in [5.74, 6) is 0.529. The number of hydrogen-bond donors (Lipinski definition) is 3. The van der Waals surface area contributed by atoms with Crippen LogP contribution in [0.1, 0.15) is 15.9 Å². The van der Waals surface area contributed by atoms with E-state index in [2.05, 4.69) is 14.7 Å². The molecule has 4 aromatic rings. The Morgan fingerprint density at radius 2 is 1.86 bits per heavy atom. The first-order valence-corrected chi connectivity index (χ1v) is 12.6. The van der Waals surface area contributed by atoms with Gasteiger partial charge in [0.15, 0.2) is 0 Å². The number of sulfonamides is 1. The van der Waals surface area contributed by atoms with Crippen molar-refractivity contribution >= 4 is 27.0 Å². The van der Waals surface area contributed by atoms with E-state index in [1.807, 2.05) is 36.4 Å². The predicted octanol–water partition coefficient (Wildman–Crippen LogP) is 2.54. The van der Waals surface area contributed by atoms with Crippen molar-refractivity contribution in [1.29, 1.82) is 0 Å². The molecule has 0 atom stereocenters. The number of carbonyl (C=O) groups excluding carboxylic acids is 1. The van der Waals surface area contributed by atoms with E-state index in [1.165, 1.54) is 24.3 Å². The number of ether oxygens (including phenoxy) is 1. The highest BCUT2D eigenvalue weighted by Crippen LogP contribution is 2.31. The molecule has 3 aromatic carbocycles. The number of benzene rings is 3. The maximum Gasteiger partial charge on any atom is 0.254 e. The van der Waals surface area contributed by atoms with Gasteiger partial charge in [-0.1, -0.05) is 12.1 Å². The minimum absolute atomic E-state index is 0.0333. The number of aliphatic hydroxyl groups excluding tert-OH is 1. The number of aliphatic hydroxyl groups is 1. The zero-order chi connectivity index (χ0) is 24.4. The molecule has 0 unspecified atom stereocenters. The minimum atomic E-state index is -3.74. The number of aromatic amines is 1. The van der Waals surface area contributed by atoms with Crippen LogP contribution in [0.3, 0.4) is 0 Å². The summed E-state index contributed by atoms with van der Waals surface area (Å²) in [7, 11) is -3.74. The third kappa shape index (κ3) is 4.76. The molecule has 1 amide bonds. The Balaban J connectivity index is 1.37. The third-order valence-electron chi connectivity index (χ3n) is 5.90. The number of H-pyrrole nitrogens is 1. The summed E-state index contributed by atoms with van der Waals surface area (Å²) in [4.78, 5) is 22.3. The molecule has 0 saturated carbocycles. The molecule has 0 bridgehead atoms. The van der Waals surface area contributed by atoms with Gasteiger partial charge in [-0.25, -0.2) is 18.1 Å². The maximum atomic E-state index is 13.2. The predicted molar refractivity (Wildman–Crippen MR) is 130 cm³/mol. The molecule has 1 aromatic heterocycles. The van der Waals surface area contributed by atoms with Crippen molar-refractivity contribution in [2.75, 3.05) is 26.3 Å². The summed E-state index contributed by atoms with van der Waals surface area (Å²) >= 11 is 0. The van der Waals surface area contributed by atoms with Crippen molar-refractivity contribution in [2.24, 2.45) is 0 Å². The summed E-state index contributed by atoms with van der Waals surface area (Å²) in [6, 6.07) is 17.7. The fourth-order valence-electron chi connectivity index (χ4n) is 4.08. The summed E-state index contributed by atoms with van der Waals surface area (Å²) in [6.07, 6.45) is 1.66. The van der Waals surface area contributed by atoms with E-state index in [0.717, 1.165) is 33.5 Å². The van der Waals surface area contributed by atoms with Crippen LogP contribution in [0.25, 0.3) is 22.2 Å². The smallest absolute Gasteiger partial charge is 0.254 e. The van der Waals surface area contributed by atoms with Crippen molar-refractivity contribution in [3.63, 3.8) is 0 Å². The average Bonchev–Trinajstić information content (AvgIpc) is 3.25. The molecule has 1 aliphatic heterocycles. The summed E-state index contributed by atoms with van der Waals surface area (Å²) in [5, 5.41) is 8.85. The number of carbonyl (C=O) groups is 1. The van der Waals surface area contributed by atoms with Gasteiger partial charge in [-0.05, 0) is 59.7 Å². The first kappa shape index (κ1) is 23.0. The Bertz CT molecular complexity index is 1480. The molecule has 0 fully saturated rings. The van der Waals surface area contributed by atoms with Crippen LogP contribution in [0.15, 0.2) is 71.9 Å². The number of aromatic nitrogens is 2. The van der Waals surface area contributed by atoms with Gasteiger partial charge in [-0.3, -0.25) is 4.79 Å². The lowest BCUT2D eigenvalue weighted by molar-refractivity contribution is 0.0733. The lowest BCUT2D eigenvalue weighted by Crippen LogP contribution is -2.32. The van der Waals surface area contributed by atoms with Gasteiger partial charge >= 0.3 is 0 Å². The minimum Gasteiger partial charge on any atom is -0.491 e. The monoisotopic (exact) mass is 492 g/mol. The zero-order valence-corrected chi connectivity index (χ0v) is 19.6. The quantitative estimate of drug-likeness (QED) is 0.380. The molecular weight excluding hydrogens is 468 g/mol. The lowest BCUT2D eigenvalue weighted by Gasteiger charge is -2.20. The van der Waals surface area contributed by atoms with Gasteiger partial charge < -0.3 is 19.7 Å². The van der Waals surface area contributed by atoms with Crippen LogP contribution in [-0.2, 0) is 16.6 Å². The van der Waals surface area contributed by atoms with Gasteiger partial charge in [0.2, 0.25) is 10.0 Å². The van der Waals surface area contributed by atoms with E-state index in [0.29, 0.717) is 25.3 Å². The fourth-order valence-corrected chi connectivity index (χ4v) is 5.11. The molecule has 2 heterocycles. The van der Waals surface area contributed by atoms with Gasteiger partial charge in [0, 0.05) is 24.2 Å². The van der Waals surface area contributed by atoms with Gasteiger partial charge in [-0.2, -0.15) is 0 Å². The fraction of sp³-hybridized carbons (Fsp3) is 0.200. The number of nitrogens with zero attached hydrogens (tertiary/aromatic N) is 2. The number of hydrogen-bond acceptors (Lipinski definition) is 6. The maximum absolute atomic E-state index is 13.2. The van der Waals surface area contributed by atoms with Crippen molar-refractivity contribution in [1.82, 2.24) is 19.6 Å². The van der Waals surface area contributed by atoms with Crippen LogP contribution >= 0.6 is 0 Å². The molecule has 1 aliphatic rings. The van der Waals surface area contributed by atoms with E-state index in [4.69, 9.17) is 9.84 Å². The van der Waals surface area contributed by atoms with Crippen molar-refractivity contribution < 1.29 is 23.1 Å². The second kappa shape index (κ2) is 9.49. The normalized spacial score (nSPS) is 13.8. The Hall–Kier alpha value is -3.73. The molecular formula is C25H24N4O5S. The van der Waals surface area contributed by atoms with E-state index in [9.17, 15) is 13.2 Å². The summed E-state index contributed by atoms with van der Waals surface area (Å²) in [6.45, 7) is 0.755. The largest absolute Gasteiger partial charge is 0.491 e. The van der Waals surface area contributed by atoms with Crippen LogP contribution in [0.5, 0.6) is 5.75 Å². The van der Waals surface area contributed by atoms with Crippen LogP contribution < -0.4 is 9.46 Å². The second-order valence-electron chi connectivity index (χ2n) is 8.18. The van der Waals surface area contributed by atoms with Gasteiger partial charge in [0.25, 0.3) is 5.91 Å². The molecule has 0 saturated heterocycles. The summed E-state index contributed by atoms with van der Waals surface area (Å²) < 4.78 is 32.6. The first-order chi connectivity index (χ1) is 16.9. The number of rotatable bonds is 6. The van der Waals surface area contributed by atoms with Crippen molar-refractivity contribution in [2.45, 2.75) is 11.4 Å². The number of amides is 1. The van der Waals surface area contributed by atoms with E-state index < -0.39 is 10.0 Å². The highest BCUT2D eigenvalue weighted by Gasteiger charge is 2.22. The second-order valence-corrected chi connectivity index (χ2v) is 9.94. The molecule has 3 N–H and O–H groups in total. The van der Waals surface area contributed by atoms with Gasteiger partial charge in [-0.15, -0.1) is 0 Å². The molecule has 0 spiro atoms. The average molecular weight is 493 g/mol. The Kier molecular flexibility index (Phi) is 6.25. The Morgan fingerprint density at radius 1 is 1.09 bits per heavy atom. The standard InChI is InChI=1S/C25H24N4O5S/c30-11-9-28-35(32,33)21-5-1-17(2-6-21)25(31)29-10-12-34-24-8-4-18(13-20(24)15-29)19-3-7-22-23(14-19)27-16-26-22/h1-8,13-14,16,28,30H,9-12,15H2,(H,26,27). The molecule has 9 nitrogen and oxygen atoms in total. The number of fused-ring (bicyclic) bond motifs is 2. The van der Waals surface area contributed by atoms with Crippen LogP contribution in [0.2, 0.25) is 0 Å². The Morgan fingerprint density at radius 3 is 2.66 bits per heavy atom. The topological polar surface area (TPSA) is 125 Å². The number of imidazole rings is 1. The summed E-state index contributed by atoms with van der Waals surface area (Å²) in [5.41, 5.74) is 5.15. The molecule has 0 radical (unpaired) electrons. The molecule has 35 heavy (non-hydrogen) atoms. The number of nitrogens with one attached hydrogen (secondary N) is 2. The van der Waals surface area contributed by atoms with Gasteiger partial charge in [0.05, 0.1) is 35.4 Å². The first-order valence-electron chi connectivity index (χ1n) is 11.1. The molecule has 5 rings (SSSR count). The van der Waals surface area contributed by atoms with Crippen molar-refractivity contribution in [3.8, 4) is 16.9 Å². The lowest BCUT2D eigenvalue weighted by atomic mass is 10.0. The molecule has 180 valence electrons. The highest BCUT2D eigenvalue weighted by molar-refractivity contribution is 7.89. The molecule has 10 heteroatoms. The van der Waals surface area contributed by atoms with Crippen LogP contribution in [0.4, 0.5) is 0 Å². The SMILES string of the molecule is O=C(c1ccc(S(=O)(=O)NCCO)cc1)N1CCOc2ccc(-c3ccc4nc[nH]c4c3)cc2C1. The Labute approximate surface area is 202 Å². The van der Waals surface area contributed by atoms with Gasteiger partial charge in [0.1, 0.15) is 12.4 Å². The van der Waals surface area contributed by atoms with Crippen molar-refractivity contribution in [3.05, 3.63) is 78.1 Å². The van der Waals surface area contributed by atoms with E-state index in [1.54, 1.807) is 11.2 Å². The van der Waals surface area contributed by atoms with Crippen LogP contribution in [0, 0.1) is 0 Å². The van der Waals surface area contributed by atoms with E-state index in [-0.39, 0.29) is 24.0 Å². The zero-order valence-electron chi connectivity index (χ0n) is 18.8. The van der Waals surface area contributed by atoms with E-state index >= 15 is 0 Å².